The summed E-state index contributed by atoms with van der Waals surface area (Å²) >= 11 is 0. The van der Waals surface area contributed by atoms with E-state index in [1.807, 2.05) is 0 Å². The number of hydrogen-bond acceptors (Lipinski definition) is 5. The molecule has 160 valence electrons. The van der Waals surface area contributed by atoms with E-state index in [0.29, 0.717) is 17.1 Å². The molecule has 1 atom stereocenters. The maximum Gasteiger partial charge on any atom is 0.296 e. The van der Waals surface area contributed by atoms with Gasteiger partial charge in [-0.25, -0.2) is 9.37 Å². The number of ketones is 1. The number of aliphatic hydroxyl groups is 1. The standard InChI is InChI=1S/C24H18FN3O4/c1-14-20(27-11-5-4-10-18(27)26-14)22(29)19-21(16-8-2-3-9-17(16)25)28(24(31)23(19)30)13-15-7-6-12-32-15/h2-12,21,29H,13H2,1H3/b22-19+. The quantitative estimate of drug-likeness (QED) is 0.300. The van der Waals surface area contributed by atoms with Gasteiger partial charge in [-0.1, -0.05) is 24.3 Å². The Kier molecular flexibility index (Phi) is 4.62. The third kappa shape index (κ3) is 2.99. The summed E-state index contributed by atoms with van der Waals surface area (Å²) in [6.45, 7) is 1.64. The topological polar surface area (TPSA) is 88.0 Å². The highest BCUT2D eigenvalue weighted by Crippen LogP contribution is 2.41. The molecule has 0 aliphatic carbocycles. The van der Waals surface area contributed by atoms with E-state index in [9.17, 15) is 19.1 Å². The summed E-state index contributed by atoms with van der Waals surface area (Å²) in [4.78, 5) is 31.8. The number of aliphatic hydroxyl groups excluding tert-OH is 1. The Morgan fingerprint density at radius 3 is 2.66 bits per heavy atom. The molecule has 1 aromatic carbocycles. The van der Waals surface area contributed by atoms with E-state index in [2.05, 4.69) is 4.98 Å². The van der Waals surface area contributed by atoms with Crippen LogP contribution in [-0.4, -0.2) is 31.1 Å². The highest BCUT2D eigenvalue weighted by Gasteiger charge is 2.47. The number of fused-ring (bicyclic) bond motifs is 1. The number of nitrogens with zero attached hydrogens (tertiary/aromatic N) is 3. The number of aromatic nitrogens is 2. The molecule has 3 aromatic heterocycles. The monoisotopic (exact) mass is 431 g/mol. The number of carbonyl (C=O) groups is 2. The number of amides is 1. The lowest BCUT2D eigenvalue weighted by atomic mass is 9.96. The van der Waals surface area contributed by atoms with E-state index in [0.717, 1.165) is 0 Å². The molecular weight excluding hydrogens is 413 g/mol. The highest BCUT2D eigenvalue weighted by molar-refractivity contribution is 6.46. The normalized spacial score (nSPS) is 18.1. The summed E-state index contributed by atoms with van der Waals surface area (Å²) in [5.41, 5.74) is 1.22. The van der Waals surface area contributed by atoms with Crippen LogP contribution in [0.4, 0.5) is 4.39 Å². The second-order valence-electron chi connectivity index (χ2n) is 7.50. The minimum atomic E-state index is -1.13. The Morgan fingerprint density at radius 2 is 1.91 bits per heavy atom. The van der Waals surface area contributed by atoms with Crippen LogP contribution in [0, 0.1) is 12.7 Å². The van der Waals surface area contributed by atoms with E-state index in [-0.39, 0.29) is 23.4 Å². The summed E-state index contributed by atoms with van der Waals surface area (Å²) < 4.78 is 21.8. The van der Waals surface area contributed by atoms with Crippen molar-refractivity contribution >= 4 is 23.1 Å². The fourth-order valence-corrected chi connectivity index (χ4v) is 4.16. The van der Waals surface area contributed by atoms with Crippen LogP contribution in [0.3, 0.4) is 0 Å². The number of benzene rings is 1. The number of likely N-dealkylation sites (tertiary alicyclic amines) is 1. The minimum absolute atomic E-state index is 0.0561. The van der Waals surface area contributed by atoms with E-state index < -0.39 is 29.3 Å². The first kappa shape index (κ1) is 19.7. The van der Waals surface area contributed by atoms with Crippen molar-refractivity contribution in [3.05, 3.63) is 101 Å². The van der Waals surface area contributed by atoms with Gasteiger partial charge in [0.25, 0.3) is 11.7 Å². The third-order valence-electron chi connectivity index (χ3n) is 5.57. The number of Topliss-reactive ketones (excluding diaryl/α,β-unsaturated/α-hetero) is 1. The van der Waals surface area contributed by atoms with Gasteiger partial charge in [-0.3, -0.25) is 14.0 Å². The second kappa shape index (κ2) is 7.49. The Morgan fingerprint density at radius 1 is 1.12 bits per heavy atom. The number of pyridine rings is 1. The third-order valence-corrected chi connectivity index (χ3v) is 5.57. The Labute approximate surface area is 182 Å². The molecule has 7 nitrogen and oxygen atoms in total. The fourth-order valence-electron chi connectivity index (χ4n) is 4.16. The molecule has 32 heavy (non-hydrogen) atoms. The van der Waals surface area contributed by atoms with Crippen molar-refractivity contribution in [3.8, 4) is 0 Å². The number of halogens is 1. The fraction of sp³-hybridized carbons (Fsp3) is 0.125. The van der Waals surface area contributed by atoms with Gasteiger partial charge in [0.2, 0.25) is 0 Å². The SMILES string of the molecule is Cc1nc2ccccn2c1/C(O)=C1\C(=O)C(=O)N(Cc2ccco2)C1c1ccccc1F. The van der Waals surface area contributed by atoms with Gasteiger partial charge in [0.1, 0.15) is 22.9 Å². The predicted molar refractivity (Wildman–Crippen MR) is 113 cm³/mol. The Bertz CT molecular complexity index is 1390. The van der Waals surface area contributed by atoms with E-state index >= 15 is 0 Å². The van der Waals surface area contributed by atoms with Gasteiger partial charge in [-0.05, 0) is 37.3 Å². The molecule has 1 amide bonds. The second-order valence-corrected chi connectivity index (χ2v) is 7.50. The number of rotatable bonds is 4. The summed E-state index contributed by atoms with van der Waals surface area (Å²) in [5, 5.41) is 11.3. The van der Waals surface area contributed by atoms with Crippen molar-refractivity contribution in [2.24, 2.45) is 0 Å². The molecule has 0 saturated carbocycles. The van der Waals surface area contributed by atoms with Gasteiger partial charge in [0.15, 0.2) is 5.76 Å². The number of furan rings is 1. The van der Waals surface area contributed by atoms with Crippen molar-refractivity contribution in [3.63, 3.8) is 0 Å². The molecule has 5 rings (SSSR count). The maximum atomic E-state index is 14.9. The van der Waals surface area contributed by atoms with Gasteiger partial charge >= 0.3 is 0 Å². The average molecular weight is 431 g/mol. The van der Waals surface area contributed by atoms with Crippen LogP contribution in [0.2, 0.25) is 0 Å². The number of imidazole rings is 1. The molecule has 4 heterocycles. The molecule has 1 unspecified atom stereocenters. The summed E-state index contributed by atoms with van der Waals surface area (Å²) in [7, 11) is 0. The van der Waals surface area contributed by atoms with Gasteiger partial charge in [-0.2, -0.15) is 0 Å². The molecule has 1 aliphatic rings. The van der Waals surface area contributed by atoms with Gasteiger partial charge in [-0.15, -0.1) is 0 Å². The van der Waals surface area contributed by atoms with Crippen molar-refractivity contribution in [1.82, 2.24) is 14.3 Å². The number of hydrogen-bond donors (Lipinski definition) is 1. The number of aryl methyl sites for hydroxylation is 1. The van der Waals surface area contributed by atoms with Crippen LogP contribution >= 0.6 is 0 Å². The van der Waals surface area contributed by atoms with Gasteiger partial charge < -0.3 is 14.4 Å². The zero-order valence-corrected chi connectivity index (χ0v) is 17.0. The molecule has 1 fully saturated rings. The van der Waals surface area contributed by atoms with Gasteiger partial charge in [0.05, 0.1) is 30.1 Å². The molecular formula is C24H18FN3O4. The molecule has 1 aliphatic heterocycles. The maximum absolute atomic E-state index is 14.9. The van der Waals surface area contributed by atoms with E-state index in [4.69, 9.17) is 4.42 Å². The molecule has 1 saturated heterocycles. The smallest absolute Gasteiger partial charge is 0.296 e. The summed E-state index contributed by atoms with van der Waals surface area (Å²) in [6, 6.07) is 13.4. The first-order valence-electron chi connectivity index (χ1n) is 9.96. The first-order valence-corrected chi connectivity index (χ1v) is 9.96. The van der Waals surface area contributed by atoms with Crippen molar-refractivity contribution in [1.29, 1.82) is 0 Å². The lowest BCUT2D eigenvalue weighted by Gasteiger charge is -2.24. The molecule has 4 aromatic rings. The average Bonchev–Trinajstić information content (AvgIpc) is 3.47. The highest BCUT2D eigenvalue weighted by atomic mass is 19.1. The molecule has 0 spiro atoms. The first-order chi connectivity index (χ1) is 15.5. The van der Waals surface area contributed by atoms with Gasteiger partial charge in [0, 0.05) is 11.8 Å². The van der Waals surface area contributed by atoms with E-state index in [1.165, 1.54) is 29.4 Å². The van der Waals surface area contributed by atoms with Crippen molar-refractivity contribution in [2.75, 3.05) is 0 Å². The van der Waals surface area contributed by atoms with Crippen LogP contribution in [0.25, 0.3) is 11.4 Å². The van der Waals surface area contributed by atoms with Crippen molar-refractivity contribution in [2.45, 2.75) is 19.5 Å². The van der Waals surface area contributed by atoms with Crippen LogP contribution in [0.1, 0.15) is 28.8 Å². The van der Waals surface area contributed by atoms with Crippen LogP contribution < -0.4 is 0 Å². The Hall–Kier alpha value is -4.20. The van der Waals surface area contributed by atoms with E-state index in [1.54, 1.807) is 53.9 Å². The minimum Gasteiger partial charge on any atom is -0.505 e. The van der Waals surface area contributed by atoms with Crippen molar-refractivity contribution < 1.29 is 23.5 Å². The zero-order chi connectivity index (χ0) is 22.4. The molecule has 8 heteroatoms. The summed E-state index contributed by atoms with van der Waals surface area (Å²) in [6.07, 6.45) is 3.15. The lowest BCUT2D eigenvalue weighted by Crippen LogP contribution is -2.29. The van der Waals surface area contributed by atoms with Crippen LogP contribution in [-0.2, 0) is 16.1 Å². The molecule has 0 radical (unpaired) electrons. The largest absolute Gasteiger partial charge is 0.505 e. The predicted octanol–water partition coefficient (Wildman–Crippen LogP) is 4.00. The Balaban J connectivity index is 1.75. The molecule has 1 N–H and O–H groups in total. The lowest BCUT2D eigenvalue weighted by molar-refractivity contribution is -0.140. The van der Waals surface area contributed by atoms with Crippen LogP contribution in [0.5, 0.6) is 0 Å². The zero-order valence-electron chi connectivity index (χ0n) is 17.0. The molecule has 0 bridgehead atoms. The van der Waals surface area contributed by atoms with Crippen LogP contribution in [0.15, 0.2) is 77.0 Å². The number of carbonyl (C=O) groups excluding carboxylic acids is 2. The summed E-state index contributed by atoms with van der Waals surface area (Å²) in [5.74, 6) is -2.31.